The summed E-state index contributed by atoms with van der Waals surface area (Å²) in [5, 5.41) is 3.39. The molecule has 0 heterocycles. The lowest BCUT2D eigenvalue weighted by Crippen LogP contribution is -2.01. The van der Waals surface area contributed by atoms with Crippen molar-refractivity contribution in [3.05, 3.63) is 58.1 Å². The van der Waals surface area contributed by atoms with E-state index in [0.29, 0.717) is 0 Å². The Balaban J connectivity index is 2.16. The molecule has 0 atom stereocenters. The van der Waals surface area contributed by atoms with Gasteiger partial charge >= 0.3 is 0 Å². The molecule has 0 unspecified atom stereocenters. The van der Waals surface area contributed by atoms with Gasteiger partial charge in [-0.2, -0.15) is 0 Å². The third kappa shape index (κ3) is 3.05. The maximum Gasteiger partial charge on any atom is 0.142 e. The van der Waals surface area contributed by atoms with E-state index in [4.69, 9.17) is 4.74 Å². The number of ether oxygens (including phenoxy) is 1. The van der Waals surface area contributed by atoms with Gasteiger partial charge in [-0.1, -0.05) is 46.3 Å². The predicted octanol–water partition coefficient (Wildman–Crippen LogP) is 4.38. The normalized spacial score (nSPS) is 10.2. The lowest BCUT2D eigenvalue weighted by molar-refractivity contribution is 0.416. The summed E-state index contributed by atoms with van der Waals surface area (Å²) in [4.78, 5) is 0. The monoisotopic (exact) mass is 305 g/mol. The number of methoxy groups -OCH3 is 1. The Bertz CT molecular complexity index is 526. The van der Waals surface area contributed by atoms with Gasteiger partial charge in [-0.3, -0.25) is 0 Å². The summed E-state index contributed by atoms with van der Waals surface area (Å²) in [6.45, 7) is 2.83. The molecule has 0 aliphatic carbocycles. The summed E-state index contributed by atoms with van der Waals surface area (Å²) in [5.41, 5.74) is 3.41. The van der Waals surface area contributed by atoms with Crippen LogP contribution >= 0.6 is 15.9 Å². The molecule has 0 amide bonds. The van der Waals surface area contributed by atoms with Crippen LogP contribution in [0.4, 0.5) is 5.69 Å². The average Bonchev–Trinajstić information content (AvgIpc) is 2.41. The molecule has 0 radical (unpaired) electrons. The second-order valence-electron chi connectivity index (χ2n) is 4.14. The Morgan fingerprint density at radius 2 is 1.89 bits per heavy atom. The van der Waals surface area contributed by atoms with Crippen LogP contribution in [0.1, 0.15) is 11.1 Å². The number of hydrogen-bond donors (Lipinski definition) is 1. The molecular weight excluding hydrogens is 290 g/mol. The minimum absolute atomic E-state index is 0.784. The topological polar surface area (TPSA) is 21.3 Å². The minimum atomic E-state index is 0.784. The van der Waals surface area contributed by atoms with E-state index in [1.807, 2.05) is 31.2 Å². The van der Waals surface area contributed by atoms with Crippen molar-refractivity contribution in [3.63, 3.8) is 0 Å². The molecule has 3 heteroatoms. The number of aryl methyl sites for hydroxylation is 1. The maximum atomic E-state index is 5.39. The van der Waals surface area contributed by atoms with Crippen molar-refractivity contribution in [2.24, 2.45) is 0 Å². The van der Waals surface area contributed by atoms with Crippen LogP contribution in [-0.2, 0) is 6.54 Å². The first kappa shape index (κ1) is 13.0. The molecule has 2 aromatic carbocycles. The van der Waals surface area contributed by atoms with Crippen molar-refractivity contribution in [2.45, 2.75) is 13.5 Å². The Hall–Kier alpha value is -1.48. The van der Waals surface area contributed by atoms with Gasteiger partial charge in [0, 0.05) is 11.0 Å². The van der Waals surface area contributed by atoms with E-state index in [2.05, 4.69) is 39.4 Å². The molecule has 2 rings (SSSR count). The molecule has 0 aliphatic heterocycles. The number of benzene rings is 2. The molecule has 0 saturated carbocycles. The lowest BCUT2D eigenvalue weighted by Gasteiger charge is -2.13. The molecule has 0 spiro atoms. The highest BCUT2D eigenvalue weighted by atomic mass is 79.9. The molecule has 0 bridgehead atoms. The zero-order valence-electron chi connectivity index (χ0n) is 10.5. The van der Waals surface area contributed by atoms with Crippen LogP contribution in [0.15, 0.2) is 46.9 Å². The molecule has 2 aromatic rings. The fraction of sp³-hybridized carbons (Fsp3) is 0.200. The van der Waals surface area contributed by atoms with Crippen molar-refractivity contribution >= 4 is 21.6 Å². The number of nitrogens with one attached hydrogen (secondary N) is 1. The van der Waals surface area contributed by atoms with Gasteiger partial charge in [0.05, 0.1) is 12.8 Å². The smallest absolute Gasteiger partial charge is 0.142 e. The fourth-order valence-electron chi connectivity index (χ4n) is 1.76. The van der Waals surface area contributed by atoms with E-state index >= 15 is 0 Å². The van der Waals surface area contributed by atoms with E-state index in [0.717, 1.165) is 28.0 Å². The quantitative estimate of drug-likeness (QED) is 0.905. The van der Waals surface area contributed by atoms with Crippen LogP contribution in [0.3, 0.4) is 0 Å². The number of halogens is 1. The van der Waals surface area contributed by atoms with Crippen LogP contribution < -0.4 is 10.1 Å². The highest BCUT2D eigenvalue weighted by Gasteiger charge is 2.06. The van der Waals surface area contributed by atoms with E-state index in [1.165, 1.54) is 5.56 Å². The molecule has 18 heavy (non-hydrogen) atoms. The van der Waals surface area contributed by atoms with Gasteiger partial charge in [0.2, 0.25) is 0 Å². The Labute approximate surface area is 116 Å². The first-order chi connectivity index (χ1) is 8.70. The first-order valence-electron chi connectivity index (χ1n) is 5.82. The summed E-state index contributed by atoms with van der Waals surface area (Å²) in [5.74, 6) is 0.867. The second-order valence-corrected chi connectivity index (χ2v) is 5.00. The van der Waals surface area contributed by atoms with E-state index < -0.39 is 0 Å². The molecule has 94 valence electrons. The van der Waals surface area contributed by atoms with Crippen molar-refractivity contribution in [1.29, 1.82) is 0 Å². The number of anilines is 1. The summed E-state index contributed by atoms with van der Waals surface area (Å²) < 4.78 is 6.47. The van der Waals surface area contributed by atoms with Gasteiger partial charge in [-0.05, 0) is 30.2 Å². The van der Waals surface area contributed by atoms with Crippen molar-refractivity contribution < 1.29 is 4.74 Å². The van der Waals surface area contributed by atoms with Gasteiger partial charge < -0.3 is 10.1 Å². The van der Waals surface area contributed by atoms with Gasteiger partial charge in [0.1, 0.15) is 5.75 Å². The van der Waals surface area contributed by atoms with Crippen LogP contribution in [0.5, 0.6) is 5.75 Å². The van der Waals surface area contributed by atoms with Crippen molar-refractivity contribution in [3.8, 4) is 5.75 Å². The zero-order valence-corrected chi connectivity index (χ0v) is 12.1. The highest BCUT2D eigenvalue weighted by molar-refractivity contribution is 9.10. The number of hydrogen-bond acceptors (Lipinski definition) is 2. The number of rotatable bonds is 4. The largest absolute Gasteiger partial charge is 0.495 e. The summed E-state index contributed by atoms with van der Waals surface area (Å²) >= 11 is 3.54. The Morgan fingerprint density at radius 3 is 2.56 bits per heavy atom. The van der Waals surface area contributed by atoms with Gasteiger partial charge in [-0.15, -0.1) is 0 Å². The third-order valence-corrected chi connectivity index (χ3v) is 3.66. The van der Waals surface area contributed by atoms with Crippen LogP contribution in [0, 0.1) is 6.92 Å². The van der Waals surface area contributed by atoms with Gasteiger partial charge in [0.25, 0.3) is 0 Å². The zero-order chi connectivity index (χ0) is 13.0. The molecule has 1 N–H and O–H groups in total. The summed E-state index contributed by atoms with van der Waals surface area (Å²) in [6.07, 6.45) is 0. The maximum absolute atomic E-state index is 5.39. The lowest BCUT2D eigenvalue weighted by atomic mass is 10.2. The average molecular weight is 306 g/mol. The molecule has 0 saturated heterocycles. The Morgan fingerprint density at radius 1 is 1.17 bits per heavy atom. The summed E-state index contributed by atoms with van der Waals surface area (Å²) in [7, 11) is 1.69. The minimum Gasteiger partial charge on any atom is -0.495 e. The SMILES string of the molecule is COc1cc(C)c(Br)cc1NCc1ccccc1. The standard InChI is InChI=1S/C15H16BrNO/c1-11-8-15(18-2)14(9-13(11)16)17-10-12-6-4-3-5-7-12/h3-9,17H,10H2,1-2H3. The second kappa shape index (κ2) is 5.91. The molecule has 0 aromatic heterocycles. The fourth-order valence-corrected chi connectivity index (χ4v) is 2.10. The van der Waals surface area contributed by atoms with Crippen LogP contribution in [0.25, 0.3) is 0 Å². The van der Waals surface area contributed by atoms with E-state index in [9.17, 15) is 0 Å². The van der Waals surface area contributed by atoms with Gasteiger partial charge in [0.15, 0.2) is 0 Å². The molecule has 0 fully saturated rings. The highest BCUT2D eigenvalue weighted by Crippen LogP contribution is 2.31. The van der Waals surface area contributed by atoms with Crippen LogP contribution in [0.2, 0.25) is 0 Å². The van der Waals surface area contributed by atoms with Crippen LogP contribution in [-0.4, -0.2) is 7.11 Å². The first-order valence-corrected chi connectivity index (χ1v) is 6.62. The predicted molar refractivity (Wildman–Crippen MR) is 79.2 cm³/mol. The van der Waals surface area contributed by atoms with Crippen molar-refractivity contribution in [1.82, 2.24) is 0 Å². The van der Waals surface area contributed by atoms with Gasteiger partial charge in [-0.25, -0.2) is 0 Å². The van der Waals surface area contributed by atoms with E-state index in [1.54, 1.807) is 7.11 Å². The van der Waals surface area contributed by atoms with Crippen molar-refractivity contribution in [2.75, 3.05) is 12.4 Å². The summed E-state index contributed by atoms with van der Waals surface area (Å²) in [6, 6.07) is 14.4. The Kier molecular flexibility index (Phi) is 4.26. The third-order valence-electron chi connectivity index (χ3n) is 2.81. The molecule has 2 nitrogen and oxygen atoms in total. The van der Waals surface area contributed by atoms with E-state index in [-0.39, 0.29) is 0 Å². The molecular formula is C15H16BrNO. The molecule has 0 aliphatic rings.